The van der Waals surface area contributed by atoms with Crippen LogP contribution in [-0.2, 0) is 0 Å². The fourth-order valence-corrected chi connectivity index (χ4v) is 2.89. The summed E-state index contributed by atoms with van der Waals surface area (Å²) in [5, 5.41) is 0. The van der Waals surface area contributed by atoms with Gasteiger partial charge in [-0.2, -0.15) is 0 Å². The molecule has 2 nitrogen and oxygen atoms in total. The summed E-state index contributed by atoms with van der Waals surface area (Å²) >= 11 is 0. The Morgan fingerprint density at radius 3 is 2.57 bits per heavy atom. The summed E-state index contributed by atoms with van der Waals surface area (Å²) < 4.78 is 27.2. The molecule has 116 valence electrons. The van der Waals surface area contributed by atoms with Gasteiger partial charge in [0.2, 0.25) is 0 Å². The lowest BCUT2D eigenvalue weighted by molar-refractivity contribution is 0.0666. The van der Waals surface area contributed by atoms with Crippen LogP contribution in [0.25, 0.3) is 0 Å². The van der Waals surface area contributed by atoms with Crippen molar-refractivity contribution in [1.82, 2.24) is 4.90 Å². The monoisotopic (exact) mass is 295 g/mol. The lowest BCUT2D eigenvalue weighted by Gasteiger charge is -2.30. The number of halogens is 2. The van der Waals surface area contributed by atoms with Gasteiger partial charge < -0.3 is 4.90 Å². The minimum Gasteiger partial charge on any atom is -0.336 e. The lowest BCUT2D eigenvalue weighted by Crippen LogP contribution is -2.40. The maximum atomic E-state index is 13.9. The maximum Gasteiger partial charge on any atom is 0.257 e. The zero-order chi connectivity index (χ0) is 15.4. The van der Waals surface area contributed by atoms with E-state index >= 15 is 0 Å². The number of hydrogen-bond donors (Lipinski definition) is 0. The van der Waals surface area contributed by atoms with Gasteiger partial charge in [0.05, 0.1) is 5.56 Å². The number of carbonyl (C=O) groups excluding carboxylic acids is 1. The molecule has 1 aromatic rings. The Hall–Kier alpha value is -1.45. The highest BCUT2D eigenvalue weighted by Crippen LogP contribution is 2.26. The molecule has 1 saturated carbocycles. The van der Waals surface area contributed by atoms with E-state index in [9.17, 15) is 13.6 Å². The fourth-order valence-electron chi connectivity index (χ4n) is 2.89. The Balaban J connectivity index is 2.22. The van der Waals surface area contributed by atoms with E-state index < -0.39 is 11.6 Å². The van der Waals surface area contributed by atoms with Crippen LogP contribution in [0, 0.1) is 17.6 Å². The first-order valence-corrected chi connectivity index (χ1v) is 7.75. The van der Waals surface area contributed by atoms with Crippen molar-refractivity contribution in [3.05, 3.63) is 35.4 Å². The average molecular weight is 295 g/mol. The first kappa shape index (κ1) is 15.9. The van der Waals surface area contributed by atoms with Crippen LogP contribution < -0.4 is 0 Å². The van der Waals surface area contributed by atoms with E-state index in [2.05, 4.69) is 13.8 Å². The number of benzene rings is 1. The molecule has 0 heterocycles. The van der Waals surface area contributed by atoms with E-state index in [1.807, 2.05) is 0 Å². The van der Waals surface area contributed by atoms with Crippen molar-refractivity contribution in [2.75, 3.05) is 6.54 Å². The summed E-state index contributed by atoms with van der Waals surface area (Å²) in [6.07, 6.45) is 4.99. The van der Waals surface area contributed by atoms with Crippen molar-refractivity contribution in [2.24, 2.45) is 5.92 Å². The highest BCUT2D eigenvalue weighted by atomic mass is 19.2. The van der Waals surface area contributed by atoms with E-state index in [4.69, 9.17) is 0 Å². The molecule has 0 aliphatic heterocycles. The zero-order valence-electron chi connectivity index (χ0n) is 12.7. The van der Waals surface area contributed by atoms with E-state index in [-0.39, 0.29) is 17.5 Å². The standard InChI is InChI=1S/C17H23F2NO/c1-12(2)10-11-20(13-6-3-4-7-13)17(21)14-8-5-9-15(18)16(14)19/h5,8-9,12-13H,3-4,6-7,10-11H2,1-2H3. The molecule has 1 aromatic carbocycles. The Morgan fingerprint density at radius 1 is 1.29 bits per heavy atom. The maximum absolute atomic E-state index is 13.9. The molecule has 0 bridgehead atoms. The van der Waals surface area contributed by atoms with Crippen LogP contribution in [0.4, 0.5) is 8.78 Å². The third kappa shape index (κ3) is 3.80. The molecule has 21 heavy (non-hydrogen) atoms. The van der Waals surface area contributed by atoms with Crippen LogP contribution in [0.3, 0.4) is 0 Å². The Morgan fingerprint density at radius 2 is 1.95 bits per heavy atom. The van der Waals surface area contributed by atoms with Gasteiger partial charge in [-0.25, -0.2) is 8.78 Å². The van der Waals surface area contributed by atoms with Gasteiger partial charge in [-0.3, -0.25) is 4.79 Å². The Kier molecular flexibility index (Phi) is 5.32. The molecule has 0 radical (unpaired) electrons. The molecule has 1 fully saturated rings. The second kappa shape index (κ2) is 7.01. The molecule has 0 N–H and O–H groups in total. The number of nitrogens with zero attached hydrogens (tertiary/aromatic N) is 1. The third-order valence-corrected chi connectivity index (χ3v) is 4.16. The lowest BCUT2D eigenvalue weighted by atomic mass is 10.1. The molecular weight excluding hydrogens is 272 g/mol. The van der Waals surface area contributed by atoms with Crippen molar-refractivity contribution in [3.63, 3.8) is 0 Å². The molecule has 4 heteroatoms. The van der Waals surface area contributed by atoms with E-state index in [1.54, 1.807) is 4.90 Å². The summed E-state index contributed by atoms with van der Waals surface area (Å²) in [5.41, 5.74) is -0.148. The zero-order valence-corrected chi connectivity index (χ0v) is 12.7. The number of hydrogen-bond acceptors (Lipinski definition) is 1. The van der Waals surface area contributed by atoms with Gasteiger partial charge >= 0.3 is 0 Å². The molecule has 0 unspecified atom stereocenters. The Bertz CT molecular complexity index is 496. The van der Waals surface area contributed by atoms with E-state index in [0.29, 0.717) is 12.5 Å². The van der Waals surface area contributed by atoms with Crippen molar-refractivity contribution in [2.45, 2.75) is 52.0 Å². The highest BCUT2D eigenvalue weighted by Gasteiger charge is 2.29. The van der Waals surface area contributed by atoms with Crippen LogP contribution in [0.5, 0.6) is 0 Å². The minimum absolute atomic E-state index is 0.148. The van der Waals surface area contributed by atoms with Gasteiger partial charge in [-0.05, 0) is 37.3 Å². The Labute approximate surface area is 125 Å². The predicted molar refractivity (Wildman–Crippen MR) is 79.1 cm³/mol. The van der Waals surface area contributed by atoms with Crippen LogP contribution in [0.1, 0.15) is 56.3 Å². The van der Waals surface area contributed by atoms with Gasteiger partial charge in [0.1, 0.15) is 0 Å². The molecule has 0 saturated heterocycles. The third-order valence-electron chi connectivity index (χ3n) is 4.16. The second-order valence-electron chi connectivity index (χ2n) is 6.22. The first-order chi connectivity index (χ1) is 10.0. The molecule has 2 rings (SSSR count). The van der Waals surface area contributed by atoms with Crippen LogP contribution in [0.2, 0.25) is 0 Å². The van der Waals surface area contributed by atoms with Crippen LogP contribution in [-0.4, -0.2) is 23.4 Å². The second-order valence-corrected chi connectivity index (χ2v) is 6.22. The molecule has 1 aliphatic rings. The molecule has 0 spiro atoms. The topological polar surface area (TPSA) is 20.3 Å². The molecule has 0 aromatic heterocycles. The van der Waals surface area contributed by atoms with Crippen molar-refractivity contribution in [3.8, 4) is 0 Å². The molecule has 0 atom stereocenters. The van der Waals surface area contributed by atoms with E-state index in [0.717, 1.165) is 38.2 Å². The van der Waals surface area contributed by atoms with Gasteiger partial charge in [-0.15, -0.1) is 0 Å². The van der Waals surface area contributed by atoms with Crippen LogP contribution in [0.15, 0.2) is 18.2 Å². The predicted octanol–water partition coefficient (Wildman–Crippen LogP) is 4.40. The van der Waals surface area contributed by atoms with Gasteiger partial charge in [0, 0.05) is 12.6 Å². The molecular formula is C17H23F2NO. The van der Waals surface area contributed by atoms with E-state index in [1.165, 1.54) is 12.1 Å². The first-order valence-electron chi connectivity index (χ1n) is 7.75. The summed E-state index contributed by atoms with van der Waals surface area (Å²) in [6, 6.07) is 3.97. The number of amides is 1. The summed E-state index contributed by atoms with van der Waals surface area (Å²) in [5.74, 6) is -1.90. The van der Waals surface area contributed by atoms with Crippen molar-refractivity contribution >= 4 is 5.91 Å². The largest absolute Gasteiger partial charge is 0.336 e. The van der Waals surface area contributed by atoms with Gasteiger partial charge in [0.15, 0.2) is 11.6 Å². The van der Waals surface area contributed by atoms with Gasteiger partial charge in [-0.1, -0.05) is 32.8 Å². The summed E-state index contributed by atoms with van der Waals surface area (Å²) in [4.78, 5) is 14.4. The number of rotatable bonds is 5. The summed E-state index contributed by atoms with van der Waals surface area (Å²) in [7, 11) is 0. The minimum atomic E-state index is -1.03. The van der Waals surface area contributed by atoms with Crippen molar-refractivity contribution in [1.29, 1.82) is 0 Å². The normalized spacial score (nSPS) is 15.7. The van der Waals surface area contributed by atoms with Crippen molar-refractivity contribution < 1.29 is 13.6 Å². The SMILES string of the molecule is CC(C)CCN(C(=O)c1cccc(F)c1F)C1CCCC1. The summed E-state index contributed by atoms with van der Waals surface area (Å²) in [6.45, 7) is 4.80. The van der Waals surface area contributed by atoms with Gasteiger partial charge in [0.25, 0.3) is 5.91 Å². The molecule has 1 amide bonds. The average Bonchev–Trinajstić information content (AvgIpc) is 2.95. The highest BCUT2D eigenvalue weighted by molar-refractivity contribution is 5.94. The fraction of sp³-hybridized carbons (Fsp3) is 0.588. The smallest absolute Gasteiger partial charge is 0.257 e. The van der Waals surface area contributed by atoms with Crippen LogP contribution >= 0.6 is 0 Å². The quantitative estimate of drug-likeness (QED) is 0.788. The number of carbonyl (C=O) groups is 1. The molecule has 1 aliphatic carbocycles.